The molecule has 1 aromatic carbocycles. The van der Waals surface area contributed by atoms with Crippen LogP contribution in [-0.2, 0) is 20.9 Å². The van der Waals surface area contributed by atoms with E-state index in [1.807, 2.05) is 39.0 Å². The van der Waals surface area contributed by atoms with Crippen LogP contribution < -0.4 is 5.32 Å². The second-order valence-corrected chi connectivity index (χ2v) is 13.3. The number of nitrogens with zero attached hydrogens (tertiary/aromatic N) is 2. The molecule has 0 radical (unpaired) electrons. The van der Waals surface area contributed by atoms with E-state index in [9.17, 15) is 9.59 Å². The van der Waals surface area contributed by atoms with E-state index in [1.165, 1.54) is 31.3 Å². The molecule has 0 unspecified atom stereocenters. The molecule has 0 spiro atoms. The van der Waals surface area contributed by atoms with Gasteiger partial charge in [-0.05, 0) is 70.9 Å². The van der Waals surface area contributed by atoms with E-state index in [2.05, 4.69) is 28.1 Å². The van der Waals surface area contributed by atoms with Crippen LogP contribution in [0, 0.1) is 11.3 Å². The van der Waals surface area contributed by atoms with Crippen LogP contribution in [0.5, 0.6) is 0 Å². The summed E-state index contributed by atoms with van der Waals surface area (Å²) in [4.78, 5) is 31.8. The summed E-state index contributed by atoms with van der Waals surface area (Å²) >= 11 is 12.9. The monoisotopic (exact) mass is 563 g/mol. The average molecular weight is 565 g/mol. The van der Waals surface area contributed by atoms with Crippen LogP contribution in [0.1, 0.15) is 71.8 Å². The Labute approximate surface area is 238 Å². The lowest BCUT2D eigenvalue weighted by molar-refractivity contribution is -0.161. The van der Waals surface area contributed by atoms with Gasteiger partial charge >= 0.3 is 5.97 Å². The molecule has 6 nitrogen and oxygen atoms in total. The molecule has 1 N–H and O–H groups in total. The van der Waals surface area contributed by atoms with Crippen LogP contribution >= 0.6 is 23.2 Å². The molecule has 4 rings (SSSR count). The number of benzene rings is 1. The van der Waals surface area contributed by atoms with Gasteiger partial charge in [0.15, 0.2) is 0 Å². The van der Waals surface area contributed by atoms with Crippen LogP contribution in [0.3, 0.4) is 0 Å². The van der Waals surface area contributed by atoms with Crippen LogP contribution in [0.2, 0.25) is 10.0 Å². The fourth-order valence-corrected chi connectivity index (χ4v) is 6.73. The van der Waals surface area contributed by atoms with Crippen LogP contribution in [0.15, 0.2) is 29.8 Å². The molecule has 0 bridgehead atoms. The Morgan fingerprint density at radius 1 is 1.11 bits per heavy atom. The van der Waals surface area contributed by atoms with Crippen molar-refractivity contribution in [1.29, 1.82) is 0 Å². The fraction of sp³-hybridized carbons (Fsp3) is 0.667. The molecular weight excluding hydrogens is 521 g/mol. The summed E-state index contributed by atoms with van der Waals surface area (Å²) in [6.07, 6.45) is 8.31. The van der Waals surface area contributed by atoms with Crippen molar-refractivity contribution < 1.29 is 14.3 Å². The third-order valence-corrected chi connectivity index (χ3v) is 8.88. The van der Waals surface area contributed by atoms with E-state index in [1.54, 1.807) is 0 Å². The number of allylic oxidation sites excluding steroid dienone is 1. The molecule has 0 aromatic heterocycles. The first-order chi connectivity index (χ1) is 17.9. The van der Waals surface area contributed by atoms with E-state index in [0.717, 1.165) is 31.6 Å². The fourth-order valence-electron chi connectivity index (χ4n) is 6.21. The minimum absolute atomic E-state index is 0.0406. The smallest absolute Gasteiger partial charge is 0.307 e. The maximum absolute atomic E-state index is 14.0. The highest BCUT2D eigenvalue weighted by Crippen LogP contribution is 2.42. The van der Waals surface area contributed by atoms with Crippen molar-refractivity contribution in [3.63, 3.8) is 0 Å². The molecule has 1 aromatic rings. The van der Waals surface area contributed by atoms with Gasteiger partial charge in [0, 0.05) is 60.9 Å². The predicted molar refractivity (Wildman–Crippen MR) is 153 cm³/mol. The zero-order chi connectivity index (χ0) is 27.5. The van der Waals surface area contributed by atoms with Crippen molar-refractivity contribution in [3.05, 3.63) is 45.5 Å². The lowest BCUT2D eigenvalue weighted by Crippen LogP contribution is -2.51. The topological polar surface area (TPSA) is 61.9 Å². The van der Waals surface area contributed by atoms with E-state index in [0.29, 0.717) is 29.7 Å². The number of halogens is 2. The lowest BCUT2D eigenvalue weighted by atomic mass is 9.75. The van der Waals surface area contributed by atoms with Crippen LogP contribution in [-0.4, -0.2) is 66.0 Å². The maximum Gasteiger partial charge on any atom is 0.307 e. The number of carbonyl (C=O) groups is 2. The second kappa shape index (κ2) is 12.3. The number of rotatable bonds is 8. The number of esters is 1. The molecular formula is C30H43Cl2N3O3. The highest BCUT2D eigenvalue weighted by Gasteiger charge is 2.52. The van der Waals surface area contributed by atoms with Gasteiger partial charge in [-0.25, -0.2) is 0 Å². The Balaban J connectivity index is 1.47. The lowest BCUT2D eigenvalue weighted by Gasteiger charge is -2.33. The number of nitrogens with one attached hydrogen (secondary N) is 1. The summed E-state index contributed by atoms with van der Waals surface area (Å²) in [6, 6.07) is 5.58. The van der Waals surface area contributed by atoms with E-state index >= 15 is 0 Å². The first-order valence-corrected chi connectivity index (χ1v) is 14.8. The Morgan fingerprint density at radius 2 is 1.84 bits per heavy atom. The summed E-state index contributed by atoms with van der Waals surface area (Å²) in [5.41, 5.74) is 0.888. The number of carbonyl (C=O) groups excluding carboxylic acids is 2. The maximum atomic E-state index is 14.0. The molecule has 2 saturated heterocycles. The third-order valence-electron chi connectivity index (χ3n) is 8.18. The zero-order valence-electron chi connectivity index (χ0n) is 23.3. The number of hydrogen-bond acceptors (Lipinski definition) is 5. The Morgan fingerprint density at radius 3 is 2.50 bits per heavy atom. The molecule has 8 heteroatoms. The summed E-state index contributed by atoms with van der Waals surface area (Å²) in [5, 5.41) is 4.57. The number of amides is 1. The van der Waals surface area contributed by atoms with Gasteiger partial charge in [0.1, 0.15) is 5.60 Å². The standard InChI is InChI=1S/C30H43Cl2N3O3/c1-21-16-35(19-24-25(31)11-8-12-26(24)32)20-30(21,15-27(36)38-29(2,3)4)28(37)33-23-13-14-34(18-23)17-22-9-6-5-7-10-22/h8-9,11-12,21,23H,5-7,10,13-20H2,1-4H3,(H,33,37)/t21-,23-,30+/m0/s1. The van der Waals surface area contributed by atoms with Crippen molar-refractivity contribution in [2.45, 2.75) is 84.4 Å². The molecule has 3 aliphatic rings. The Hall–Kier alpha value is -1.60. The summed E-state index contributed by atoms with van der Waals surface area (Å²) < 4.78 is 5.69. The van der Waals surface area contributed by atoms with Crippen LogP contribution in [0.4, 0.5) is 0 Å². The minimum Gasteiger partial charge on any atom is -0.460 e. The molecule has 2 aliphatic heterocycles. The second-order valence-electron chi connectivity index (χ2n) is 12.5. The van der Waals surface area contributed by atoms with Crippen molar-refractivity contribution in [3.8, 4) is 0 Å². The number of likely N-dealkylation sites (tertiary alicyclic amines) is 2. The largest absolute Gasteiger partial charge is 0.460 e. The summed E-state index contributed by atoms with van der Waals surface area (Å²) in [5.74, 6) is -0.428. The van der Waals surface area contributed by atoms with Gasteiger partial charge in [-0.2, -0.15) is 0 Å². The van der Waals surface area contributed by atoms with Gasteiger partial charge in [-0.3, -0.25) is 19.4 Å². The molecule has 1 aliphatic carbocycles. The summed E-state index contributed by atoms with van der Waals surface area (Å²) in [7, 11) is 0. The first-order valence-electron chi connectivity index (χ1n) is 14.0. The molecule has 3 atom stereocenters. The normalized spacial score (nSPS) is 26.8. The predicted octanol–water partition coefficient (Wildman–Crippen LogP) is 5.85. The van der Waals surface area contributed by atoms with E-state index in [4.69, 9.17) is 27.9 Å². The number of hydrogen-bond donors (Lipinski definition) is 1. The Bertz CT molecular complexity index is 1030. The first kappa shape index (κ1) is 29.4. The van der Waals surface area contributed by atoms with Crippen molar-refractivity contribution in [2.75, 3.05) is 32.7 Å². The minimum atomic E-state index is -0.880. The van der Waals surface area contributed by atoms with Gasteiger partial charge < -0.3 is 10.1 Å². The highest BCUT2D eigenvalue weighted by molar-refractivity contribution is 6.35. The van der Waals surface area contributed by atoms with Gasteiger partial charge in [-0.15, -0.1) is 0 Å². The SMILES string of the molecule is C[C@H]1CN(Cc2c(Cl)cccc2Cl)C[C@@]1(CC(=O)OC(C)(C)C)C(=O)N[C@H]1CCN(CC2=CCCCC2)C1. The quantitative estimate of drug-likeness (QED) is 0.317. The molecule has 2 fully saturated rings. The van der Waals surface area contributed by atoms with Crippen molar-refractivity contribution >= 4 is 35.1 Å². The molecule has 38 heavy (non-hydrogen) atoms. The molecule has 2 heterocycles. The van der Waals surface area contributed by atoms with Gasteiger partial charge in [-0.1, -0.05) is 47.8 Å². The van der Waals surface area contributed by atoms with E-state index < -0.39 is 11.0 Å². The Kier molecular flexibility index (Phi) is 9.50. The zero-order valence-corrected chi connectivity index (χ0v) is 24.8. The van der Waals surface area contributed by atoms with Gasteiger partial charge in [0.05, 0.1) is 11.8 Å². The highest BCUT2D eigenvalue weighted by atomic mass is 35.5. The molecule has 210 valence electrons. The average Bonchev–Trinajstić information content (AvgIpc) is 3.39. The third kappa shape index (κ3) is 7.32. The van der Waals surface area contributed by atoms with Crippen molar-refractivity contribution in [2.24, 2.45) is 11.3 Å². The molecule has 0 saturated carbocycles. The molecule has 1 amide bonds. The van der Waals surface area contributed by atoms with Crippen LogP contribution in [0.25, 0.3) is 0 Å². The number of ether oxygens (including phenoxy) is 1. The summed E-state index contributed by atoms with van der Waals surface area (Å²) in [6.45, 7) is 12.1. The van der Waals surface area contributed by atoms with Crippen molar-refractivity contribution in [1.82, 2.24) is 15.1 Å². The van der Waals surface area contributed by atoms with Gasteiger partial charge in [0.2, 0.25) is 5.91 Å². The van der Waals surface area contributed by atoms with Gasteiger partial charge in [0.25, 0.3) is 0 Å². The van der Waals surface area contributed by atoms with E-state index in [-0.39, 0.29) is 30.3 Å².